The minimum absolute atomic E-state index is 0.00373. The van der Waals surface area contributed by atoms with E-state index < -0.39 is 18.0 Å². The predicted octanol–water partition coefficient (Wildman–Crippen LogP) is 5.00. The maximum Gasteiger partial charge on any atom is 0.453 e. The molecule has 1 aliphatic carbocycles. The first kappa shape index (κ1) is 19.0. The molecule has 28 heavy (non-hydrogen) atoms. The van der Waals surface area contributed by atoms with E-state index in [2.05, 4.69) is 15.4 Å². The zero-order valence-electron chi connectivity index (χ0n) is 15.1. The molecule has 0 spiro atoms. The summed E-state index contributed by atoms with van der Waals surface area (Å²) in [6.45, 7) is 2.05. The van der Waals surface area contributed by atoms with E-state index in [0.29, 0.717) is 34.7 Å². The Hall–Kier alpha value is -2.35. The monoisotopic (exact) mass is 410 g/mol. The predicted molar refractivity (Wildman–Crippen MR) is 97.9 cm³/mol. The highest BCUT2D eigenvalue weighted by Crippen LogP contribution is 2.43. The fourth-order valence-corrected chi connectivity index (χ4v) is 4.10. The molecule has 4 rings (SSSR count). The first-order valence-corrected chi connectivity index (χ1v) is 9.48. The lowest BCUT2D eigenvalue weighted by molar-refractivity contribution is -0.145. The van der Waals surface area contributed by atoms with E-state index in [1.165, 1.54) is 0 Å². The van der Waals surface area contributed by atoms with Gasteiger partial charge in [-0.25, -0.2) is 4.68 Å². The molecule has 2 atom stereocenters. The van der Waals surface area contributed by atoms with Crippen molar-refractivity contribution in [2.24, 2.45) is 5.92 Å². The number of alkyl halides is 3. The Morgan fingerprint density at radius 1 is 1.25 bits per heavy atom. The summed E-state index contributed by atoms with van der Waals surface area (Å²) in [6, 6.07) is 5.93. The van der Waals surface area contributed by atoms with Gasteiger partial charge < -0.3 is 5.32 Å². The molecule has 0 saturated heterocycles. The largest absolute Gasteiger partial charge is 0.453 e. The van der Waals surface area contributed by atoms with Crippen molar-refractivity contribution < 1.29 is 18.0 Å². The van der Waals surface area contributed by atoms with E-state index in [1.54, 1.807) is 24.3 Å². The van der Waals surface area contributed by atoms with Crippen LogP contribution in [0.1, 0.15) is 50.0 Å². The number of benzene rings is 1. The number of carbonyl (C=O) groups excluding carboxylic acids is 1. The number of hydrogen-bond donors (Lipinski definition) is 1. The fourth-order valence-electron chi connectivity index (χ4n) is 3.98. The smallest absolute Gasteiger partial charge is 0.328 e. The molecule has 1 aromatic carbocycles. The first-order valence-electron chi connectivity index (χ1n) is 9.10. The lowest BCUT2D eigenvalue weighted by Gasteiger charge is -2.35. The number of rotatable bonds is 3. The van der Waals surface area contributed by atoms with Crippen LogP contribution in [-0.2, 0) is 11.0 Å². The molecule has 148 valence electrons. The Morgan fingerprint density at radius 2 is 1.96 bits per heavy atom. The molecule has 0 bridgehead atoms. The van der Waals surface area contributed by atoms with Crippen LogP contribution in [0.15, 0.2) is 35.5 Å². The summed E-state index contributed by atoms with van der Waals surface area (Å²) >= 11 is 5.96. The van der Waals surface area contributed by atoms with Crippen LogP contribution in [0.3, 0.4) is 0 Å². The van der Waals surface area contributed by atoms with Gasteiger partial charge in [-0.05, 0) is 36.5 Å². The molecular formula is C19H18ClF3N4O. The Bertz CT molecular complexity index is 949. The summed E-state index contributed by atoms with van der Waals surface area (Å²) < 4.78 is 40.8. The lowest BCUT2D eigenvalue weighted by atomic mass is 9.79. The number of allylic oxidation sites excluding steroid dienone is 2. The van der Waals surface area contributed by atoms with Crippen molar-refractivity contribution in [2.75, 3.05) is 5.32 Å². The van der Waals surface area contributed by atoms with Crippen LogP contribution < -0.4 is 5.32 Å². The number of halogens is 4. The van der Waals surface area contributed by atoms with Crippen molar-refractivity contribution >= 4 is 23.3 Å². The number of aromatic nitrogens is 3. The Morgan fingerprint density at radius 3 is 2.61 bits per heavy atom. The zero-order valence-corrected chi connectivity index (χ0v) is 15.8. The highest BCUT2D eigenvalue weighted by atomic mass is 35.5. The number of nitrogens with one attached hydrogen (secondary N) is 1. The molecule has 2 aliphatic rings. The third-order valence-electron chi connectivity index (χ3n) is 5.14. The molecule has 0 unspecified atom stereocenters. The van der Waals surface area contributed by atoms with Gasteiger partial charge in [0.2, 0.25) is 5.95 Å². The second-order valence-electron chi connectivity index (χ2n) is 7.16. The van der Waals surface area contributed by atoms with Gasteiger partial charge in [0, 0.05) is 22.7 Å². The molecule has 0 fully saturated rings. The van der Waals surface area contributed by atoms with Crippen molar-refractivity contribution in [1.29, 1.82) is 0 Å². The van der Waals surface area contributed by atoms with Crippen molar-refractivity contribution in [2.45, 2.75) is 44.8 Å². The maximum absolute atomic E-state index is 13.2. The Labute approximate surface area is 164 Å². The van der Waals surface area contributed by atoms with Gasteiger partial charge >= 0.3 is 6.18 Å². The topological polar surface area (TPSA) is 59.8 Å². The van der Waals surface area contributed by atoms with Gasteiger partial charge in [-0.3, -0.25) is 4.79 Å². The standard InChI is InChI=1S/C19H18ClF3N4O/c1-2-3-10-8-13-15(14(28)9-10)16(11-4-6-12(20)7-5-11)27-18(24-13)25-17(26-27)19(21,22)23/h4-7,10,16H,2-3,8-9H2,1H3,(H,24,25,26)/t10-,16+/m1/s1. The molecule has 1 aliphatic heterocycles. The molecule has 0 amide bonds. The van der Waals surface area contributed by atoms with E-state index in [4.69, 9.17) is 11.6 Å². The van der Waals surface area contributed by atoms with Gasteiger partial charge in [-0.1, -0.05) is 37.1 Å². The summed E-state index contributed by atoms with van der Waals surface area (Å²) in [6.07, 6.45) is -1.86. The van der Waals surface area contributed by atoms with Crippen LogP contribution in [0, 0.1) is 5.92 Å². The van der Waals surface area contributed by atoms with Gasteiger partial charge in [0.05, 0.1) is 0 Å². The number of anilines is 1. The average molecular weight is 411 g/mol. The zero-order chi connectivity index (χ0) is 20.1. The second-order valence-corrected chi connectivity index (χ2v) is 7.60. The number of fused-ring (bicyclic) bond motifs is 1. The van der Waals surface area contributed by atoms with Crippen molar-refractivity contribution in [3.63, 3.8) is 0 Å². The molecule has 5 nitrogen and oxygen atoms in total. The van der Waals surface area contributed by atoms with Gasteiger partial charge in [-0.2, -0.15) is 18.2 Å². The van der Waals surface area contributed by atoms with E-state index in [9.17, 15) is 18.0 Å². The van der Waals surface area contributed by atoms with Crippen LogP contribution in [0.4, 0.5) is 19.1 Å². The van der Waals surface area contributed by atoms with Crippen molar-refractivity contribution in [3.8, 4) is 0 Å². The van der Waals surface area contributed by atoms with Crippen LogP contribution in [0.5, 0.6) is 0 Å². The second kappa shape index (κ2) is 6.92. The van der Waals surface area contributed by atoms with E-state index in [-0.39, 0.29) is 17.6 Å². The number of Topliss-reactive ketones (excluding diaryl/α,β-unsaturated/α-hetero) is 1. The van der Waals surface area contributed by atoms with Crippen LogP contribution in [0.2, 0.25) is 5.02 Å². The summed E-state index contributed by atoms with van der Waals surface area (Å²) in [4.78, 5) is 16.6. The molecule has 2 heterocycles. The van der Waals surface area contributed by atoms with Crippen molar-refractivity contribution in [1.82, 2.24) is 14.8 Å². The molecule has 9 heteroatoms. The number of ketones is 1. The maximum atomic E-state index is 13.2. The van der Waals surface area contributed by atoms with Crippen LogP contribution >= 0.6 is 11.6 Å². The fraction of sp³-hybridized carbons (Fsp3) is 0.421. The van der Waals surface area contributed by atoms with E-state index in [1.807, 2.05) is 6.92 Å². The quantitative estimate of drug-likeness (QED) is 0.773. The first-order chi connectivity index (χ1) is 13.3. The molecular weight excluding hydrogens is 393 g/mol. The third kappa shape index (κ3) is 3.30. The van der Waals surface area contributed by atoms with Gasteiger partial charge in [-0.15, -0.1) is 5.10 Å². The lowest BCUT2D eigenvalue weighted by Crippen LogP contribution is -2.34. The highest BCUT2D eigenvalue weighted by Gasteiger charge is 2.43. The van der Waals surface area contributed by atoms with Crippen LogP contribution in [-0.4, -0.2) is 20.5 Å². The van der Waals surface area contributed by atoms with E-state index in [0.717, 1.165) is 17.5 Å². The van der Waals surface area contributed by atoms with Crippen molar-refractivity contribution in [3.05, 3.63) is 51.9 Å². The van der Waals surface area contributed by atoms with Crippen LogP contribution in [0.25, 0.3) is 0 Å². The minimum atomic E-state index is -4.67. The Balaban J connectivity index is 1.85. The molecule has 0 radical (unpaired) electrons. The normalized spacial score (nSPS) is 22.0. The molecule has 1 aromatic heterocycles. The minimum Gasteiger partial charge on any atom is -0.328 e. The molecule has 2 aromatic rings. The van der Waals surface area contributed by atoms with Gasteiger partial charge in [0.15, 0.2) is 5.78 Å². The summed E-state index contributed by atoms with van der Waals surface area (Å²) in [5, 5.41) is 7.12. The van der Waals surface area contributed by atoms with Gasteiger partial charge in [0.25, 0.3) is 5.82 Å². The molecule has 1 N–H and O–H groups in total. The van der Waals surface area contributed by atoms with E-state index >= 15 is 0 Å². The summed E-state index contributed by atoms with van der Waals surface area (Å²) in [5.41, 5.74) is 1.74. The number of hydrogen-bond acceptors (Lipinski definition) is 4. The average Bonchev–Trinajstić information content (AvgIpc) is 3.05. The number of nitrogens with zero attached hydrogens (tertiary/aromatic N) is 3. The highest BCUT2D eigenvalue weighted by molar-refractivity contribution is 6.30. The Kier molecular flexibility index (Phi) is 4.69. The third-order valence-corrected chi connectivity index (χ3v) is 5.39. The summed E-state index contributed by atoms with van der Waals surface area (Å²) in [7, 11) is 0. The number of carbonyl (C=O) groups is 1. The molecule has 0 saturated carbocycles. The summed E-state index contributed by atoms with van der Waals surface area (Å²) in [5.74, 6) is -1.13. The SMILES string of the molecule is CCC[C@H]1CC(=O)C2=C(C1)Nc1nc(C(F)(F)F)nn1[C@H]2c1ccc(Cl)cc1. The van der Waals surface area contributed by atoms with Gasteiger partial charge in [0.1, 0.15) is 6.04 Å².